The van der Waals surface area contributed by atoms with Crippen LogP contribution in [0.15, 0.2) is 23.2 Å². The highest BCUT2D eigenvalue weighted by Gasteiger charge is 2.44. The normalized spacial score (nSPS) is 16.5. The summed E-state index contributed by atoms with van der Waals surface area (Å²) in [7, 11) is 1.81. The van der Waals surface area contributed by atoms with Crippen molar-refractivity contribution in [3.63, 3.8) is 0 Å². The number of ether oxygens (including phenoxy) is 2. The van der Waals surface area contributed by atoms with Gasteiger partial charge in [0.1, 0.15) is 0 Å². The van der Waals surface area contributed by atoms with Gasteiger partial charge in [-0.1, -0.05) is 6.07 Å². The van der Waals surface area contributed by atoms with Crippen molar-refractivity contribution in [1.29, 1.82) is 0 Å². The van der Waals surface area contributed by atoms with Gasteiger partial charge in [-0.25, -0.2) is 4.98 Å². The summed E-state index contributed by atoms with van der Waals surface area (Å²) in [6, 6.07) is 6.30. The van der Waals surface area contributed by atoms with E-state index >= 15 is 0 Å². The topological polar surface area (TPSA) is 67.8 Å². The second-order valence-electron chi connectivity index (χ2n) is 7.20. The zero-order valence-corrected chi connectivity index (χ0v) is 19.6. The highest BCUT2D eigenvalue weighted by molar-refractivity contribution is 14.0. The Labute approximate surface area is 187 Å². The summed E-state index contributed by atoms with van der Waals surface area (Å²) in [5, 5.41) is 8.07. The van der Waals surface area contributed by atoms with E-state index in [4.69, 9.17) is 9.47 Å². The summed E-state index contributed by atoms with van der Waals surface area (Å²) in [4.78, 5) is 10.2. The van der Waals surface area contributed by atoms with Crippen LogP contribution in [0.4, 0.5) is 0 Å². The Morgan fingerprint density at radius 3 is 2.68 bits per heavy atom. The van der Waals surface area contributed by atoms with E-state index in [-0.39, 0.29) is 29.4 Å². The Bertz CT molecular complexity index is 844. The molecule has 1 aromatic heterocycles. The first kappa shape index (κ1) is 21.2. The average Bonchev–Trinajstić information content (AvgIpc) is 3.19. The van der Waals surface area contributed by atoms with Crippen LogP contribution >= 0.6 is 35.3 Å². The molecule has 0 spiro atoms. The minimum absolute atomic E-state index is 0. The van der Waals surface area contributed by atoms with Gasteiger partial charge in [0.05, 0.1) is 10.7 Å². The Balaban J connectivity index is 0.00000225. The summed E-state index contributed by atoms with van der Waals surface area (Å²) in [6.45, 7) is 6.19. The molecule has 2 aromatic rings. The van der Waals surface area contributed by atoms with Gasteiger partial charge in [-0.15, -0.1) is 35.3 Å². The fourth-order valence-electron chi connectivity index (χ4n) is 3.35. The highest BCUT2D eigenvalue weighted by atomic mass is 127. The lowest BCUT2D eigenvalue weighted by Crippen LogP contribution is -2.41. The molecule has 28 heavy (non-hydrogen) atoms. The molecule has 1 aromatic carbocycles. The zero-order chi connectivity index (χ0) is 18.9. The van der Waals surface area contributed by atoms with Gasteiger partial charge in [-0.2, -0.15) is 0 Å². The summed E-state index contributed by atoms with van der Waals surface area (Å²) in [5.74, 6) is 2.54. The lowest BCUT2D eigenvalue weighted by atomic mass is 9.95. The third-order valence-electron chi connectivity index (χ3n) is 5.36. The van der Waals surface area contributed by atoms with E-state index in [1.54, 1.807) is 11.3 Å². The Kier molecular flexibility index (Phi) is 6.69. The fraction of sp³-hybridized carbons (Fsp3) is 0.500. The van der Waals surface area contributed by atoms with Gasteiger partial charge in [-0.3, -0.25) is 4.99 Å². The van der Waals surface area contributed by atoms with Crippen LogP contribution in [0.3, 0.4) is 0 Å². The van der Waals surface area contributed by atoms with Crippen molar-refractivity contribution in [1.82, 2.24) is 15.6 Å². The van der Waals surface area contributed by atoms with E-state index in [0.717, 1.165) is 42.7 Å². The van der Waals surface area contributed by atoms with Crippen LogP contribution in [0.1, 0.15) is 34.0 Å². The summed E-state index contributed by atoms with van der Waals surface area (Å²) in [5.41, 5.74) is 2.61. The molecule has 1 aliphatic carbocycles. The van der Waals surface area contributed by atoms with E-state index in [1.807, 2.05) is 13.1 Å². The Morgan fingerprint density at radius 1 is 1.21 bits per heavy atom. The molecule has 0 bridgehead atoms. The standard InChI is InChI=1S/C20H26N4O2S.HI/c1-13-14(2)27-18(24-13)6-9-22-19(21-3)23-11-20(7-8-20)15-4-5-16-17(10-15)26-12-25-16;/h4-5,10H,6-9,11-12H2,1-3H3,(H2,21,22,23);1H. The maximum atomic E-state index is 5.53. The van der Waals surface area contributed by atoms with Crippen LogP contribution in [0.2, 0.25) is 0 Å². The second kappa shape index (κ2) is 8.86. The van der Waals surface area contributed by atoms with Crippen molar-refractivity contribution in [2.24, 2.45) is 4.99 Å². The van der Waals surface area contributed by atoms with Gasteiger partial charge in [0, 0.05) is 36.9 Å². The zero-order valence-electron chi connectivity index (χ0n) is 16.5. The Morgan fingerprint density at radius 2 is 2.00 bits per heavy atom. The number of aliphatic imine (C=N–C) groups is 1. The number of halogens is 1. The maximum absolute atomic E-state index is 5.53. The minimum atomic E-state index is 0. The molecule has 4 rings (SSSR count). The van der Waals surface area contributed by atoms with E-state index in [9.17, 15) is 0 Å². The van der Waals surface area contributed by atoms with Crippen molar-refractivity contribution in [2.75, 3.05) is 26.9 Å². The number of guanidine groups is 1. The van der Waals surface area contributed by atoms with Gasteiger partial charge in [-0.05, 0) is 44.4 Å². The molecule has 0 unspecified atom stereocenters. The fourth-order valence-corrected chi connectivity index (χ4v) is 4.29. The number of hydrogen-bond donors (Lipinski definition) is 2. The third-order valence-corrected chi connectivity index (χ3v) is 6.49. The van der Waals surface area contributed by atoms with E-state index in [2.05, 4.69) is 46.6 Å². The second-order valence-corrected chi connectivity index (χ2v) is 8.49. The van der Waals surface area contributed by atoms with Crippen molar-refractivity contribution < 1.29 is 9.47 Å². The minimum Gasteiger partial charge on any atom is -0.454 e. The molecule has 2 aliphatic rings. The molecule has 0 atom stereocenters. The number of thiazole rings is 1. The summed E-state index contributed by atoms with van der Waals surface area (Å²) < 4.78 is 11.0. The Hall–Kier alpha value is -1.55. The van der Waals surface area contributed by atoms with E-state index in [1.165, 1.54) is 28.3 Å². The number of fused-ring (bicyclic) bond motifs is 1. The molecule has 1 aliphatic heterocycles. The van der Waals surface area contributed by atoms with Crippen molar-refractivity contribution >= 4 is 41.3 Å². The third kappa shape index (κ3) is 4.53. The first-order chi connectivity index (χ1) is 13.1. The summed E-state index contributed by atoms with van der Waals surface area (Å²) in [6.07, 6.45) is 3.26. The number of nitrogens with zero attached hydrogens (tertiary/aromatic N) is 2. The number of nitrogens with one attached hydrogen (secondary N) is 2. The molecule has 1 saturated carbocycles. The SMILES string of the molecule is CN=C(NCCc1nc(C)c(C)s1)NCC1(c2ccc3c(c2)OCO3)CC1.I. The van der Waals surface area contributed by atoms with Gasteiger partial charge in [0.25, 0.3) is 0 Å². The molecule has 0 saturated heterocycles. The lowest BCUT2D eigenvalue weighted by Gasteiger charge is -2.19. The predicted molar refractivity (Wildman–Crippen MR) is 124 cm³/mol. The molecule has 0 amide bonds. The van der Waals surface area contributed by atoms with Crippen LogP contribution in [0.25, 0.3) is 0 Å². The van der Waals surface area contributed by atoms with Gasteiger partial charge < -0.3 is 20.1 Å². The molecule has 2 heterocycles. The van der Waals surface area contributed by atoms with Crippen LogP contribution < -0.4 is 20.1 Å². The van der Waals surface area contributed by atoms with Gasteiger partial charge in [0.2, 0.25) is 6.79 Å². The number of aromatic nitrogens is 1. The molecule has 152 valence electrons. The first-order valence-electron chi connectivity index (χ1n) is 9.37. The number of benzene rings is 1. The summed E-state index contributed by atoms with van der Waals surface area (Å²) >= 11 is 1.77. The van der Waals surface area contributed by atoms with Crippen LogP contribution in [-0.4, -0.2) is 37.9 Å². The monoisotopic (exact) mass is 514 g/mol. The molecule has 1 fully saturated rings. The van der Waals surface area contributed by atoms with Gasteiger partial charge in [0.15, 0.2) is 17.5 Å². The molecule has 6 nitrogen and oxygen atoms in total. The lowest BCUT2D eigenvalue weighted by molar-refractivity contribution is 0.174. The largest absolute Gasteiger partial charge is 0.454 e. The van der Waals surface area contributed by atoms with Crippen LogP contribution in [0.5, 0.6) is 11.5 Å². The molecular weight excluding hydrogens is 487 g/mol. The molecule has 2 N–H and O–H groups in total. The first-order valence-corrected chi connectivity index (χ1v) is 10.2. The van der Waals surface area contributed by atoms with Crippen molar-refractivity contribution in [3.05, 3.63) is 39.3 Å². The average molecular weight is 514 g/mol. The smallest absolute Gasteiger partial charge is 0.231 e. The predicted octanol–water partition coefficient (Wildman–Crippen LogP) is 3.55. The van der Waals surface area contributed by atoms with Crippen molar-refractivity contribution in [3.8, 4) is 11.5 Å². The highest BCUT2D eigenvalue weighted by Crippen LogP contribution is 2.49. The van der Waals surface area contributed by atoms with E-state index in [0.29, 0.717) is 6.79 Å². The number of rotatable bonds is 6. The molecular formula is C20H27IN4O2S. The quantitative estimate of drug-likeness (QED) is 0.351. The number of hydrogen-bond acceptors (Lipinski definition) is 5. The van der Waals surface area contributed by atoms with E-state index < -0.39 is 0 Å². The van der Waals surface area contributed by atoms with Crippen LogP contribution in [0, 0.1) is 13.8 Å². The molecule has 8 heteroatoms. The van der Waals surface area contributed by atoms with Crippen LogP contribution in [-0.2, 0) is 11.8 Å². The van der Waals surface area contributed by atoms with Crippen molar-refractivity contribution in [2.45, 2.75) is 38.5 Å². The number of aryl methyl sites for hydroxylation is 2. The molecule has 0 radical (unpaired) electrons. The maximum Gasteiger partial charge on any atom is 0.231 e. The van der Waals surface area contributed by atoms with Gasteiger partial charge >= 0.3 is 0 Å².